The fraction of sp³-hybridized carbons (Fsp3) is 0.375. The summed E-state index contributed by atoms with van der Waals surface area (Å²) in [6.07, 6.45) is -4.47. The van der Waals surface area contributed by atoms with E-state index in [0.29, 0.717) is 12.1 Å². The van der Waals surface area contributed by atoms with Crippen LogP contribution in [0.4, 0.5) is 13.2 Å². The Morgan fingerprint density at radius 1 is 1.39 bits per heavy atom. The lowest BCUT2D eigenvalue weighted by molar-refractivity contribution is -0.137. The van der Waals surface area contributed by atoms with Gasteiger partial charge in [0.15, 0.2) is 0 Å². The van der Waals surface area contributed by atoms with Crippen LogP contribution >= 0.6 is 11.3 Å². The molecule has 124 valence electrons. The fourth-order valence-corrected chi connectivity index (χ4v) is 2.91. The summed E-state index contributed by atoms with van der Waals surface area (Å²) in [5.74, 6) is -0.233. The van der Waals surface area contributed by atoms with Crippen molar-refractivity contribution in [3.05, 3.63) is 51.5 Å². The second-order valence-electron chi connectivity index (χ2n) is 5.41. The van der Waals surface area contributed by atoms with Crippen molar-refractivity contribution in [1.29, 1.82) is 0 Å². The van der Waals surface area contributed by atoms with Gasteiger partial charge in [-0.15, -0.1) is 11.3 Å². The third kappa shape index (κ3) is 5.06. The van der Waals surface area contributed by atoms with E-state index in [2.05, 4.69) is 10.3 Å². The number of amides is 1. The van der Waals surface area contributed by atoms with Crippen molar-refractivity contribution in [2.75, 3.05) is 6.54 Å². The summed E-state index contributed by atoms with van der Waals surface area (Å²) in [4.78, 5) is 16.3. The first kappa shape index (κ1) is 17.5. The van der Waals surface area contributed by atoms with Gasteiger partial charge in [0, 0.05) is 23.5 Å². The van der Waals surface area contributed by atoms with Crippen molar-refractivity contribution in [1.82, 2.24) is 10.3 Å². The summed E-state index contributed by atoms with van der Waals surface area (Å²) in [5, 5.41) is 5.62. The second kappa shape index (κ2) is 7.12. The lowest BCUT2D eigenvalue weighted by atomic mass is 10.1. The third-order valence-corrected chi connectivity index (χ3v) is 4.48. The van der Waals surface area contributed by atoms with Crippen LogP contribution in [0.2, 0.25) is 0 Å². The van der Waals surface area contributed by atoms with Gasteiger partial charge in [-0.3, -0.25) is 4.79 Å². The van der Waals surface area contributed by atoms with E-state index < -0.39 is 11.7 Å². The molecule has 0 fully saturated rings. The zero-order valence-electron chi connectivity index (χ0n) is 12.8. The molecule has 0 bridgehead atoms. The summed E-state index contributed by atoms with van der Waals surface area (Å²) in [6.45, 7) is 4.26. The second-order valence-corrected chi connectivity index (χ2v) is 6.30. The highest BCUT2D eigenvalue weighted by molar-refractivity contribution is 7.09. The van der Waals surface area contributed by atoms with Gasteiger partial charge < -0.3 is 5.32 Å². The molecular formula is C16H17F3N2OS. The SMILES string of the molecule is Cc1csc([C@@H](C)CNC(=O)Cc2cccc(C(F)(F)F)c2)n1. The van der Waals surface area contributed by atoms with Crippen molar-refractivity contribution < 1.29 is 18.0 Å². The van der Waals surface area contributed by atoms with Crippen LogP contribution < -0.4 is 5.32 Å². The van der Waals surface area contributed by atoms with E-state index >= 15 is 0 Å². The van der Waals surface area contributed by atoms with Crippen molar-refractivity contribution in [2.24, 2.45) is 0 Å². The molecule has 7 heteroatoms. The molecule has 1 heterocycles. The molecule has 0 aliphatic carbocycles. The lowest BCUT2D eigenvalue weighted by Crippen LogP contribution is -2.29. The number of carbonyl (C=O) groups is 1. The summed E-state index contributed by atoms with van der Waals surface area (Å²) < 4.78 is 37.9. The van der Waals surface area contributed by atoms with Crippen molar-refractivity contribution in [2.45, 2.75) is 32.4 Å². The summed E-state index contributed by atoms with van der Waals surface area (Å²) in [6, 6.07) is 4.83. The minimum absolute atomic E-state index is 0.0687. The van der Waals surface area contributed by atoms with E-state index in [1.54, 1.807) is 0 Å². The van der Waals surface area contributed by atoms with Gasteiger partial charge >= 0.3 is 6.18 Å². The average molecular weight is 342 g/mol. The van der Waals surface area contributed by atoms with E-state index in [-0.39, 0.29) is 18.2 Å². The maximum absolute atomic E-state index is 12.6. The van der Waals surface area contributed by atoms with E-state index in [0.717, 1.165) is 22.8 Å². The van der Waals surface area contributed by atoms with E-state index in [4.69, 9.17) is 0 Å². The molecule has 1 atom stereocenters. The number of carbonyl (C=O) groups excluding carboxylic acids is 1. The zero-order chi connectivity index (χ0) is 17.0. The Hall–Kier alpha value is -1.89. The average Bonchev–Trinajstić information content (AvgIpc) is 2.91. The molecule has 3 nitrogen and oxygen atoms in total. The molecule has 0 spiro atoms. The minimum Gasteiger partial charge on any atom is -0.355 e. The Kier molecular flexibility index (Phi) is 5.41. The van der Waals surface area contributed by atoms with Crippen LogP contribution in [0.5, 0.6) is 0 Å². The quantitative estimate of drug-likeness (QED) is 0.894. The Morgan fingerprint density at radius 2 is 2.13 bits per heavy atom. The molecule has 0 saturated carbocycles. The van der Waals surface area contributed by atoms with Gasteiger partial charge in [0.25, 0.3) is 0 Å². The smallest absolute Gasteiger partial charge is 0.355 e. The molecule has 2 rings (SSSR count). The number of hydrogen-bond acceptors (Lipinski definition) is 3. The number of rotatable bonds is 5. The number of nitrogens with zero attached hydrogens (tertiary/aromatic N) is 1. The van der Waals surface area contributed by atoms with Gasteiger partial charge in [0.1, 0.15) is 0 Å². The minimum atomic E-state index is -4.40. The number of benzene rings is 1. The first-order chi connectivity index (χ1) is 10.8. The molecule has 0 aliphatic heterocycles. The number of aromatic nitrogens is 1. The zero-order valence-corrected chi connectivity index (χ0v) is 13.6. The van der Waals surface area contributed by atoms with E-state index in [1.165, 1.54) is 23.5 Å². The number of hydrogen-bond donors (Lipinski definition) is 1. The molecule has 0 saturated heterocycles. The molecule has 1 aromatic heterocycles. The molecule has 0 aliphatic rings. The Balaban J connectivity index is 1.90. The number of thiazole rings is 1. The van der Waals surface area contributed by atoms with Gasteiger partial charge in [-0.2, -0.15) is 13.2 Å². The van der Waals surface area contributed by atoms with Gasteiger partial charge in [0.2, 0.25) is 5.91 Å². The number of aryl methyl sites for hydroxylation is 1. The normalized spacial score (nSPS) is 12.9. The molecule has 1 aromatic carbocycles. The topological polar surface area (TPSA) is 42.0 Å². The predicted molar refractivity (Wildman–Crippen MR) is 83.4 cm³/mol. The Morgan fingerprint density at radius 3 is 2.74 bits per heavy atom. The van der Waals surface area contributed by atoms with Gasteiger partial charge in [-0.1, -0.05) is 25.1 Å². The summed E-state index contributed by atoms with van der Waals surface area (Å²) in [5.41, 5.74) is 0.539. The third-order valence-electron chi connectivity index (χ3n) is 3.28. The molecule has 2 aromatic rings. The van der Waals surface area contributed by atoms with Crippen LogP contribution in [0.1, 0.15) is 34.7 Å². The first-order valence-electron chi connectivity index (χ1n) is 7.10. The van der Waals surface area contributed by atoms with E-state index in [1.807, 2.05) is 19.2 Å². The van der Waals surface area contributed by atoms with Crippen LogP contribution in [-0.2, 0) is 17.4 Å². The fourth-order valence-electron chi connectivity index (χ4n) is 2.06. The van der Waals surface area contributed by atoms with Gasteiger partial charge in [-0.25, -0.2) is 4.98 Å². The number of alkyl halides is 3. The Bertz CT molecular complexity index is 682. The van der Waals surface area contributed by atoms with Crippen LogP contribution in [0.15, 0.2) is 29.6 Å². The molecule has 23 heavy (non-hydrogen) atoms. The number of halogens is 3. The summed E-state index contributed by atoms with van der Waals surface area (Å²) in [7, 11) is 0. The monoisotopic (exact) mass is 342 g/mol. The van der Waals surface area contributed by atoms with Crippen LogP contribution in [0, 0.1) is 6.92 Å². The number of nitrogens with one attached hydrogen (secondary N) is 1. The largest absolute Gasteiger partial charge is 0.416 e. The molecular weight excluding hydrogens is 325 g/mol. The molecule has 0 radical (unpaired) electrons. The van der Waals surface area contributed by atoms with Crippen molar-refractivity contribution in [3.8, 4) is 0 Å². The highest BCUT2D eigenvalue weighted by Crippen LogP contribution is 2.29. The highest BCUT2D eigenvalue weighted by atomic mass is 32.1. The van der Waals surface area contributed by atoms with Gasteiger partial charge in [0.05, 0.1) is 17.0 Å². The van der Waals surface area contributed by atoms with Crippen molar-refractivity contribution in [3.63, 3.8) is 0 Å². The Labute approximate surface area is 136 Å². The van der Waals surface area contributed by atoms with E-state index in [9.17, 15) is 18.0 Å². The first-order valence-corrected chi connectivity index (χ1v) is 7.98. The predicted octanol–water partition coefficient (Wildman–Crippen LogP) is 3.93. The van der Waals surface area contributed by atoms with Crippen LogP contribution in [-0.4, -0.2) is 17.4 Å². The standard InChI is InChI=1S/C16H17F3N2OS/c1-10(15-21-11(2)9-23-15)8-20-14(22)7-12-4-3-5-13(6-12)16(17,18)19/h3-6,9-10H,7-8H2,1-2H3,(H,20,22)/t10-/m0/s1. The van der Waals surface area contributed by atoms with Gasteiger partial charge in [-0.05, 0) is 18.6 Å². The highest BCUT2D eigenvalue weighted by Gasteiger charge is 2.30. The van der Waals surface area contributed by atoms with Crippen LogP contribution in [0.3, 0.4) is 0 Å². The lowest BCUT2D eigenvalue weighted by Gasteiger charge is -2.11. The molecule has 0 unspecified atom stereocenters. The molecule has 1 N–H and O–H groups in total. The maximum atomic E-state index is 12.6. The summed E-state index contributed by atoms with van der Waals surface area (Å²) >= 11 is 1.53. The van der Waals surface area contributed by atoms with Crippen LogP contribution in [0.25, 0.3) is 0 Å². The van der Waals surface area contributed by atoms with Crippen molar-refractivity contribution >= 4 is 17.2 Å². The maximum Gasteiger partial charge on any atom is 0.416 e. The molecule has 1 amide bonds.